The molecule has 90 valence electrons. The van der Waals surface area contributed by atoms with Gasteiger partial charge in [0.2, 0.25) is 0 Å². The van der Waals surface area contributed by atoms with E-state index >= 15 is 0 Å². The zero-order valence-corrected chi connectivity index (χ0v) is 10.9. The van der Waals surface area contributed by atoms with Crippen LogP contribution in [0.15, 0.2) is 18.5 Å². The zero-order valence-electron chi connectivity index (χ0n) is 10.1. The molecular weight excluding hydrogens is 234 g/mol. The number of nitrogens with two attached hydrogens (primary N) is 1. The maximum Gasteiger partial charge on any atom is 0.263 e. The first-order chi connectivity index (χ1) is 7.88. The van der Waals surface area contributed by atoms with E-state index in [1.54, 1.807) is 12.4 Å². The Balaban J connectivity index is 2.43. The Labute approximate surface area is 104 Å². The van der Waals surface area contributed by atoms with Crippen LogP contribution in [-0.2, 0) is 0 Å². The van der Waals surface area contributed by atoms with Crippen molar-refractivity contribution in [1.82, 2.24) is 10.3 Å². The van der Waals surface area contributed by atoms with Crippen LogP contribution in [0, 0.1) is 0 Å². The number of nitrogens with zero attached hydrogens (tertiary/aromatic N) is 1. The Kier molecular flexibility index (Phi) is 2.79. The second-order valence-electron chi connectivity index (χ2n) is 4.92. The third kappa shape index (κ3) is 2.39. The predicted octanol–water partition coefficient (Wildman–Crippen LogP) is 2.41. The van der Waals surface area contributed by atoms with Gasteiger partial charge in [-0.3, -0.25) is 9.78 Å². The van der Waals surface area contributed by atoms with E-state index in [2.05, 4.69) is 10.3 Å². The van der Waals surface area contributed by atoms with E-state index in [9.17, 15) is 4.79 Å². The second kappa shape index (κ2) is 4.00. The van der Waals surface area contributed by atoms with Gasteiger partial charge >= 0.3 is 0 Å². The molecule has 0 radical (unpaired) electrons. The number of carbonyl (C=O) groups is 1. The lowest BCUT2D eigenvalue weighted by Crippen LogP contribution is -2.40. The van der Waals surface area contributed by atoms with Gasteiger partial charge in [0.15, 0.2) is 0 Å². The molecule has 0 aliphatic rings. The van der Waals surface area contributed by atoms with Crippen molar-refractivity contribution in [1.29, 1.82) is 0 Å². The molecule has 0 saturated carbocycles. The maximum atomic E-state index is 12.0. The minimum atomic E-state index is -0.266. The van der Waals surface area contributed by atoms with Crippen molar-refractivity contribution in [2.24, 2.45) is 0 Å². The summed E-state index contributed by atoms with van der Waals surface area (Å²) < 4.78 is 0.983. The number of thiophene rings is 1. The Morgan fingerprint density at radius 3 is 2.76 bits per heavy atom. The van der Waals surface area contributed by atoms with Crippen molar-refractivity contribution in [2.75, 3.05) is 5.73 Å². The molecule has 0 bridgehead atoms. The third-order valence-electron chi connectivity index (χ3n) is 2.22. The van der Waals surface area contributed by atoms with E-state index < -0.39 is 0 Å². The van der Waals surface area contributed by atoms with Gasteiger partial charge in [-0.2, -0.15) is 0 Å². The molecule has 2 rings (SSSR count). The van der Waals surface area contributed by atoms with Crippen LogP contribution >= 0.6 is 11.3 Å². The number of pyridine rings is 1. The number of hydrogen-bond donors (Lipinski definition) is 2. The first-order valence-electron chi connectivity index (χ1n) is 5.33. The summed E-state index contributed by atoms with van der Waals surface area (Å²) in [4.78, 5) is 16.6. The molecule has 2 aromatic heterocycles. The summed E-state index contributed by atoms with van der Waals surface area (Å²) in [5, 5.41) is 3.75. The number of anilines is 1. The Morgan fingerprint density at radius 2 is 2.18 bits per heavy atom. The van der Waals surface area contributed by atoms with Crippen LogP contribution < -0.4 is 11.1 Å². The molecule has 0 saturated heterocycles. The van der Waals surface area contributed by atoms with Crippen molar-refractivity contribution in [3.05, 3.63) is 23.3 Å². The number of carbonyl (C=O) groups excluding carboxylic acids is 1. The van der Waals surface area contributed by atoms with E-state index in [0.29, 0.717) is 10.6 Å². The van der Waals surface area contributed by atoms with Crippen LogP contribution in [0.25, 0.3) is 10.1 Å². The molecule has 17 heavy (non-hydrogen) atoms. The summed E-state index contributed by atoms with van der Waals surface area (Å²) >= 11 is 1.40. The molecule has 0 fully saturated rings. The number of nitrogen functional groups attached to an aromatic ring is 1. The molecule has 4 nitrogen and oxygen atoms in total. The van der Waals surface area contributed by atoms with E-state index in [0.717, 1.165) is 10.1 Å². The Hall–Kier alpha value is -1.62. The molecular formula is C12H15N3OS. The molecule has 2 heterocycles. The summed E-state index contributed by atoms with van der Waals surface area (Å²) in [5.41, 5.74) is 6.22. The van der Waals surface area contributed by atoms with Gasteiger partial charge in [-0.15, -0.1) is 11.3 Å². The highest BCUT2D eigenvalue weighted by atomic mass is 32.1. The topological polar surface area (TPSA) is 68.0 Å². The van der Waals surface area contributed by atoms with Crippen molar-refractivity contribution in [2.45, 2.75) is 26.3 Å². The molecule has 0 unspecified atom stereocenters. The highest BCUT2D eigenvalue weighted by molar-refractivity contribution is 7.21. The molecule has 1 amide bonds. The quantitative estimate of drug-likeness (QED) is 0.815. The molecule has 5 heteroatoms. The first kappa shape index (κ1) is 11.9. The number of hydrogen-bond acceptors (Lipinski definition) is 4. The fourth-order valence-electron chi connectivity index (χ4n) is 1.53. The second-order valence-corrected chi connectivity index (χ2v) is 5.97. The summed E-state index contributed by atoms with van der Waals surface area (Å²) in [6, 6.07) is 1.87. The SMILES string of the molecule is CC(C)(C)NC(=O)c1sc2ccncc2c1N. The average molecular weight is 249 g/mol. The number of fused-ring (bicyclic) bond motifs is 1. The summed E-state index contributed by atoms with van der Waals surface area (Å²) in [5.74, 6) is -0.129. The van der Waals surface area contributed by atoms with Crippen molar-refractivity contribution in [3.8, 4) is 0 Å². The summed E-state index contributed by atoms with van der Waals surface area (Å²) in [6.07, 6.45) is 3.39. The van der Waals surface area contributed by atoms with Gasteiger partial charge < -0.3 is 11.1 Å². The normalized spacial score (nSPS) is 11.7. The van der Waals surface area contributed by atoms with Crippen LogP contribution in [0.4, 0.5) is 5.69 Å². The summed E-state index contributed by atoms with van der Waals surface area (Å²) in [6.45, 7) is 5.82. The van der Waals surface area contributed by atoms with Crippen LogP contribution in [0.1, 0.15) is 30.4 Å². The maximum absolute atomic E-state index is 12.0. The van der Waals surface area contributed by atoms with Crippen molar-refractivity contribution in [3.63, 3.8) is 0 Å². The number of rotatable bonds is 1. The van der Waals surface area contributed by atoms with E-state index in [4.69, 9.17) is 5.73 Å². The smallest absolute Gasteiger partial charge is 0.263 e. The molecule has 0 spiro atoms. The molecule has 0 aliphatic heterocycles. The highest BCUT2D eigenvalue weighted by Gasteiger charge is 2.20. The lowest BCUT2D eigenvalue weighted by atomic mass is 10.1. The van der Waals surface area contributed by atoms with Gasteiger partial charge in [-0.1, -0.05) is 0 Å². The Morgan fingerprint density at radius 1 is 1.47 bits per heavy atom. The van der Waals surface area contributed by atoms with E-state index in [1.807, 2.05) is 26.8 Å². The van der Waals surface area contributed by atoms with Crippen LogP contribution in [0.2, 0.25) is 0 Å². The monoisotopic (exact) mass is 249 g/mol. The predicted molar refractivity (Wildman–Crippen MR) is 71.3 cm³/mol. The molecule has 3 N–H and O–H groups in total. The first-order valence-corrected chi connectivity index (χ1v) is 6.14. The lowest BCUT2D eigenvalue weighted by molar-refractivity contribution is 0.0924. The van der Waals surface area contributed by atoms with Gasteiger partial charge in [-0.25, -0.2) is 0 Å². The standard InChI is InChI=1S/C12H15N3OS/c1-12(2,3)15-11(16)10-9(13)7-6-14-5-4-8(7)17-10/h4-6H,13H2,1-3H3,(H,15,16). The largest absolute Gasteiger partial charge is 0.397 e. The minimum Gasteiger partial charge on any atom is -0.397 e. The van der Waals surface area contributed by atoms with Gasteiger partial charge in [-0.05, 0) is 26.8 Å². The van der Waals surface area contributed by atoms with E-state index in [1.165, 1.54) is 11.3 Å². The third-order valence-corrected chi connectivity index (χ3v) is 3.41. The summed E-state index contributed by atoms with van der Waals surface area (Å²) in [7, 11) is 0. The number of amides is 1. The fraction of sp³-hybridized carbons (Fsp3) is 0.333. The van der Waals surface area contributed by atoms with Gasteiger partial charge in [0.1, 0.15) is 4.88 Å². The van der Waals surface area contributed by atoms with Crippen molar-refractivity contribution >= 4 is 33.0 Å². The van der Waals surface area contributed by atoms with Crippen LogP contribution in [-0.4, -0.2) is 16.4 Å². The molecule has 0 aromatic carbocycles. The Bertz CT molecular complexity index is 569. The van der Waals surface area contributed by atoms with Gasteiger partial charge in [0.05, 0.1) is 5.69 Å². The molecule has 2 aromatic rings. The van der Waals surface area contributed by atoms with E-state index in [-0.39, 0.29) is 11.4 Å². The highest BCUT2D eigenvalue weighted by Crippen LogP contribution is 2.32. The zero-order chi connectivity index (χ0) is 12.6. The molecule has 0 aliphatic carbocycles. The fourth-order valence-corrected chi connectivity index (χ4v) is 2.51. The van der Waals surface area contributed by atoms with Crippen molar-refractivity contribution < 1.29 is 4.79 Å². The lowest BCUT2D eigenvalue weighted by Gasteiger charge is -2.20. The average Bonchev–Trinajstić information content (AvgIpc) is 2.55. The number of aromatic nitrogens is 1. The van der Waals surface area contributed by atoms with Crippen LogP contribution in [0.5, 0.6) is 0 Å². The van der Waals surface area contributed by atoms with Crippen LogP contribution in [0.3, 0.4) is 0 Å². The minimum absolute atomic E-state index is 0.129. The molecule has 0 atom stereocenters. The van der Waals surface area contributed by atoms with Gasteiger partial charge in [0, 0.05) is 28.0 Å². The number of nitrogens with one attached hydrogen (secondary N) is 1. The van der Waals surface area contributed by atoms with Gasteiger partial charge in [0.25, 0.3) is 5.91 Å².